The molecule has 0 radical (unpaired) electrons. The van der Waals surface area contributed by atoms with E-state index in [4.69, 9.17) is 4.74 Å². The summed E-state index contributed by atoms with van der Waals surface area (Å²) in [6, 6.07) is 0. The molecule has 9 heteroatoms. The van der Waals surface area contributed by atoms with Crippen molar-refractivity contribution in [2.45, 2.75) is 137 Å². The zero-order valence-electron chi connectivity index (χ0n) is 28.2. The van der Waals surface area contributed by atoms with Crippen LogP contribution in [0.3, 0.4) is 0 Å². The van der Waals surface area contributed by atoms with E-state index >= 15 is 0 Å². The number of fused-ring (bicyclic) bond motifs is 7. The number of aliphatic carboxylic acids is 1. The van der Waals surface area contributed by atoms with Crippen molar-refractivity contribution in [1.82, 2.24) is 0 Å². The SMILES string of the molecule is CC1CCC2(C)CCC3(C)C(=CCC4(C)C3CCC3C(C)(C(=O)O)C(OC(=O)[C@@H](O)[C@@H](O)[C@H](O)[C@@H](O)C=O)CCC34C)C2C1C. The second-order valence-electron chi connectivity index (χ2n) is 16.9. The van der Waals surface area contributed by atoms with E-state index < -0.39 is 47.9 Å². The molecule has 0 saturated heterocycles. The summed E-state index contributed by atoms with van der Waals surface area (Å²) in [7, 11) is 0. The van der Waals surface area contributed by atoms with Gasteiger partial charge in [-0.2, -0.15) is 0 Å². The summed E-state index contributed by atoms with van der Waals surface area (Å²) >= 11 is 0. The highest BCUT2D eigenvalue weighted by atomic mass is 16.6. The Morgan fingerprint density at radius 2 is 1.51 bits per heavy atom. The van der Waals surface area contributed by atoms with Crippen molar-refractivity contribution in [3.63, 3.8) is 0 Å². The maximum Gasteiger partial charge on any atom is 0.338 e. The van der Waals surface area contributed by atoms with Crippen LogP contribution in [-0.2, 0) is 19.1 Å². The molecule has 9 nitrogen and oxygen atoms in total. The fourth-order valence-corrected chi connectivity index (χ4v) is 11.8. The highest BCUT2D eigenvalue weighted by Crippen LogP contribution is 2.75. The minimum Gasteiger partial charge on any atom is -0.481 e. The van der Waals surface area contributed by atoms with Gasteiger partial charge in [0.1, 0.15) is 29.8 Å². The van der Waals surface area contributed by atoms with E-state index in [1.165, 1.54) is 19.3 Å². The molecule has 0 spiro atoms. The number of carboxylic acid groups (broad SMARTS) is 1. The van der Waals surface area contributed by atoms with Crippen molar-refractivity contribution < 1.29 is 44.7 Å². The highest BCUT2D eigenvalue weighted by Gasteiger charge is 2.71. The first-order valence-corrected chi connectivity index (χ1v) is 17.2. The number of aldehydes is 1. The van der Waals surface area contributed by atoms with Crippen LogP contribution in [0, 0.1) is 56.7 Å². The van der Waals surface area contributed by atoms with E-state index in [-0.39, 0.29) is 34.9 Å². The summed E-state index contributed by atoms with van der Waals surface area (Å²) in [6.45, 7) is 16.1. The number of aliphatic hydroxyl groups excluding tert-OH is 4. The Labute approximate surface area is 267 Å². The highest BCUT2D eigenvalue weighted by molar-refractivity contribution is 5.79. The first kappa shape index (κ1) is 34.5. The van der Waals surface area contributed by atoms with E-state index in [0.29, 0.717) is 41.9 Å². The van der Waals surface area contributed by atoms with Crippen LogP contribution in [0.15, 0.2) is 11.6 Å². The van der Waals surface area contributed by atoms with Gasteiger partial charge >= 0.3 is 11.9 Å². The van der Waals surface area contributed by atoms with Gasteiger partial charge in [0.2, 0.25) is 0 Å². The van der Waals surface area contributed by atoms with Gasteiger partial charge in [-0.25, -0.2) is 4.79 Å². The molecule has 0 aromatic rings. The van der Waals surface area contributed by atoms with E-state index in [1.54, 1.807) is 12.5 Å². The maximum absolute atomic E-state index is 13.2. The number of hydrogen-bond acceptors (Lipinski definition) is 8. The summed E-state index contributed by atoms with van der Waals surface area (Å²) in [5, 5.41) is 50.9. The first-order chi connectivity index (χ1) is 20.8. The number of ether oxygens (including phenoxy) is 1. The molecule has 5 aliphatic carbocycles. The summed E-state index contributed by atoms with van der Waals surface area (Å²) < 4.78 is 5.65. The smallest absolute Gasteiger partial charge is 0.338 e. The third kappa shape index (κ3) is 4.80. The lowest BCUT2D eigenvalue weighted by molar-refractivity contribution is -0.233. The van der Waals surface area contributed by atoms with Crippen LogP contribution in [-0.4, -0.2) is 74.3 Å². The molecule has 0 aliphatic heterocycles. The van der Waals surface area contributed by atoms with Crippen molar-refractivity contribution >= 4 is 18.2 Å². The molecule has 0 bridgehead atoms. The van der Waals surface area contributed by atoms with Crippen molar-refractivity contribution in [2.75, 3.05) is 0 Å². The normalized spacial score (nSPS) is 48.6. The Morgan fingerprint density at radius 3 is 2.13 bits per heavy atom. The zero-order chi connectivity index (χ0) is 33.5. The number of aliphatic hydroxyl groups is 4. The molecule has 5 N–H and O–H groups in total. The molecule has 5 rings (SSSR count). The Balaban J connectivity index is 1.45. The Hall–Kier alpha value is -1.81. The minimum atomic E-state index is -2.27. The van der Waals surface area contributed by atoms with Crippen LogP contribution in [0.25, 0.3) is 0 Å². The molecule has 0 amide bonds. The van der Waals surface area contributed by atoms with Gasteiger partial charge in [-0.3, -0.25) is 4.79 Å². The van der Waals surface area contributed by atoms with Crippen LogP contribution in [0.2, 0.25) is 0 Å². The van der Waals surface area contributed by atoms with Gasteiger partial charge in [0.25, 0.3) is 0 Å². The quantitative estimate of drug-likeness (QED) is 0.157. The molecule has 4 saturated carbocycles. The van der Waals surface area contributed by atoms with Crippen LogP contribution in [0.1, 0.15) is 106 Å². The summed E-state index contributed by atoms with van der Waals surface area (Å²) in [5.74, 6) is -0.368. The molecule has 254 valence electrons. The molecule has 5 aliphatic rings. The lowest BCUT2D eigenvalue weighted by Crippen LogP contribution is -2.67. The summed E-state index contributed by atoms with van der Waals surface area (Å²) in [6.07, 6.45) is 1.21. The monoisotopic (exact) mass is 632 g/mol. The fraction of sp³-hybridized carbons (Fsp3) is 0.861. The van der Waals surface area contributed by atoms with Gasteiger partial charge in [-0.1, -0.05) is 53.2 Å². The number of rotatable bonds is 7. The zero-order valence-corrected chi connectivity index (χ0v) is 28.2. The summed E-state index contributed by atoms with van der Waals surface area (Å²) in [4.78, 5) is 37.0. The molecule has 15 atom stereocenters. The van der Waals surface area contributed by atoms with Gasteiger partial charge in [0, 0.05) is 0 Å². The molecule has 0 heterocycles. The molecule has 0 aromatic heterocycles. The third-order valence-corrected chi connectivity index (χ3v) is 15.1. The van der Waals surface area contributed by atoms with Gasteiger partial charge in [-0.05, 0) is 116 Å². The van der Waals surface area contributed by atoms with Crippen LogP contribution >= 0.6 is 0 Å². The number of allylic oxidation sites excluding steroid dienone is 2. The number of esters is 1. The predicted molar refractivity (Wildman–Crippen MR) is 167 cm³/mol. The molecule has 4 fully saturated rings. The maximum atomic E-state index is 13.2. The number of carboxylic acids is 1. The average molecular weight is 633 g/mol. The second-order valence-corrected chi connectivity index (χ2v) is 16.9. The average Bonchev–Trinajstić information content (AvgIpc) is 2.99. The topological polar surface area (TPSA) is 162 Å². The molecular weight excluding hydrogens is 576 g/mol. The third-order valence-electron chi connectivity index (χ3n) is 15.1. The molecule has 11 unspecified atom stereocenters. The lowest BCUT2D eigenvalue weighted by Gasteiger charge is -2.71. The van der Waals surface area contributed by atoms with Crippen molar-refractivity contribution in [1.29, 1.82) is 0 Å². The molecular formula is C36H56O9. The number of carbonyl (C=O) groups excluding carboxylic acids is 2. The number of carbonyl (C=O) groups is 3. The Morgan fingerprint density at radius 1 is 0.867 bits per heavy atom. The van der Waals surface area contributed by atoms with Crippen molar-refractivity contribution in [3.8, 4) is 0 Å². The standard InChI is InChI=1S/C36H56O9/c1-19-10-13-32(3)16-17-33(4)21(26(32)20(19)2)11-14-34(5)23(33)8-9-24-35(34,6)15-12-25(36(24,7)31(43)44)45-30(42)29(41)28(40)27(39)22(38)18-37/h11,18-20,22-29,38-41H,8-10,12-17H2,1-7H3,(H,43,44)/t19?,20?,22-,23?,24?,25?,26?,27+,28-,29-,32?,33?,34?,35?,36?/m0/s1. The van der Waals surface area contributed by atoms with Gasteiger partial charge in [0.15, 0.2) is 12.4 Å². The van der Waals surface area contributed by atoms with Gasteiger partial charge in [0.05, 0.1) is 0 Å². The van der Waals surface area contributed by atoms with E-state index in [1.807, 2.05) is 0 Å². The minimum absolute atomic E-state index is 0.0155. The lowest BCUT2D eigenvalue weighted by atomic mass is 9.33. The predicted octanol–water partition coefficient (Wildman–Crippen LogP) is 4.28. The van der Waals surface area contributed by atoms with E-state index in [9.17, 15) is 39.9 Å². The van der Waals surface area contributed by atoms with Crippen LogP contribution < -0.4 is 0 Å². The van der Waals surface area contributed by atoms with Gasteiger partial charge in [-0.15, -0.1) is 0 Å². The largest absolute Gasteiger partial charge is 0.481 e. The molecule has 0 aromatic carbocycles. The van der Waals surface area contributed by atoms with Crippen LogP contribution in [0.4, 0.5) is 0 Å². The fourth-order valence-electron chi connectivity index (χ4n) is 11.8. The van der Waals surface area contributed by atoms with Crippen LogP contribution in [0.5, 0.6) is 0 Å². The second kappa shape index (κ2) is 11.4. The molecule has 45 heavy (non-hydrogen) atoms. The number of hydrogen-bond donors (Lipinski definition) is 5. The first-order valence-electron chi connectivity index (χ1n) is 17.2. The van der Waals surface area contributed by atoms with Crippen molar-refractivity contribution in [2.24, 2.45) is 56.7 Å². The Bertz CT molecular complexity index is 1230. The van der Waals surface area contributed by atoms with E-state index in [2.05, 4.69) is 47.6 Å². The summed E-state index contributed by atoms with van der Waals surface area (Å²) in [5.41, 5.74) is 0.0547. The van der Waals surface area contributed by atoms with E-state index in [0.717, 1.165) is 19.3 Å². The van der Waals surface area contributed by atoms with Gasteiger partial charge < -0.3 is 35.1 Å². The Kier molecular flexibility index (Phi) is 8.76. The van der Waals surface area contributed by atoms with Crippen molar-refractivity contribution in [3.05, 3.63) is 11.6 Å².